The van der Waals surface area contributed by atoms with Gasteiger partial charge >= 0.3 is 0 Å². The molecule has 1 unspecified atom stereocenters. The third-order valence-corrected chi connectivity index (χ3v) is 4.14. The fraction of sp³-hybridized carbons (Fsp3) is 0.222. The smallest absolute Gasteiger partial charge is 0.260 e. The summed E-state index contributed by atoms with van der Waals surface area (Å²) in [6, 6.07) is 11.4. The molecule has 5 nitrogen and oxygen atoms in total. The molecule has 0 saturated heterocycles. The van der Waals surface area contributed by atoms with Gasteiger partial charge in [-0.1, -0.05) is 30.3 Å². The molecule has 124 valence electrons. The molecule has 0 radical (unpaired) electrons. The van der Waals surface area contributed by atoms with Crippen molar-refractivity contribution in [3.63, 3.8) is 0 Å². The molecule has 2 aromatic carbocycles. The van der Waals surface area contributed by atoms with E-state index in [2.05, 4.69) is 0 Å². The Morgan fingerprint density at radius 1 is 1.21 bits per heavy atom. The number of hydrogen-bond donors (Lipinski definition) is 1. The number of rotatable bonds is 3. The topological polar surface area (TPSA) is 72.6 Å². The fourth-order valence-corrected chi connectivity index (χ4v) is 2.94. The summed E-state index contributed by atoms with van der Waals surface area (Å²) in [5.41, 5.74) is 6.91. The van der Waals surface area contributed by atoms with Crippen molar-refractivity contribution in [3.8, 4) is 0 Å². The first-order valence-electron chi connectivity index (χ1n) is 7.56. The Hall–Kier alpha value is -2.73. The lowest BCUT2D eigenvalue weighted by Gasteiger charge is -2.29. The number of likely N-dealkylation sites (N-methyl/N-ethyl adjacent to an activating group) is 1. The molecule has 24 heavy (non-hydrogen) atoms. The first-order chi connectivity index (χ1) is 11.5. The molecule has 3 rings (SSSR count). The Kier molecular flexibility index (Phi) is 4.31. The zero-order chi connectivity index (χ0) is 17.3. The second-order valence-electron chi connectivity index (χ2n) is 5.60. The summed E-state index contributed by atoms with van der Waals surface area (Å²) in [6.45, 7) is 0.404. The summed E-state index contributed by atoms with van der Waals surface area (Å²) >= 11 is 0. The van der Waals surface area contributed by atoms with Gasteiger partial charge in [0.25, 0.3) is 11.8 Å². The highest BCUT2D eigenvalue weighted by molar-refractivity contribution is 6.05. The van der Waals surface area contributed by atoms with Crippen molar-refractivity contribution in [3.05, 3.63) is 65.0 Å². The van der Waals surface area contributed by atoms with Crippen LogP contribution >= 0.6 is 0 Å². The van der Waals surface area contributed by atoms with Crippen LogP contribution in [-0.2, 0) is 16.0 Å². The average molecular weight is 328 g/mol. The van der Waals surface area contributed by atoms with E-state index >= 15 is 0 Å². The van der Waals surface area contributed by atoms with Crippen LogP contribution in [0.2, 0.25) is 0 Å². The summed E-state index contributed by atoms with van der Waals surface area (Å²) in [6.07, 6.45) is -0.115. The van der Waals surface area contributed by atoms with Gasteiger partial charge in [-0.15, -0.1) is 0 Å². The highest BCUT2D eigenvalue weighted by Gasteiger charge is 2.32. The summed E-state index contributed by atoms with van der Waals surface area (Å²) in [7, 11) is 1.41. The van der Waals surface area contributed by atoms with Crippen molar-refractivity contribution in [2.24, 2.45) is 5.73 Å². The van der Waals surface area contributed by atoms with Gasteiger partial charge in [0.15, 0.2) is 6.10 Å². The van der Waals surface area contributed by atoms with E-state index in [1.54, 1.807) is 0 Å². The van der Waals surface area contributed by atoms with Crippen LogP contribution in [0.15, 0.2) is 42.5 Å². The normalized spacial score (nSPS) is 16.3. The monoisotopic (exact) mass is 328 g/mol. The van der Waals surface area contributed by atoms with Gasteiger partial charge in [0.1, 0.15) is 5.82 Å². The lowest BCUT2D eigenvalue weighted by molar-refractivity contribution is -0.131. The summed E-state index contributed by atoms with van der Waals surface area (Å²) in [5, 5.41) is 0. The average Bonchev–Trinajstić information content (AvgIpc) is 2.59. The van der Waals surface area contributed by atoms with Gasteiger partial charge in [-0.25, -0.2) is 4.39 Å². The lowest BCUT2D eigenvalue weighted by atomic mass is 9.96. The third-order valence-electron chi connectivity index (χ3n) is 4.14. The number of primary amides is 1. The van der Waals surface area contributed by atoms with E-state index in [-0.39, 0.29) is 11.3 Å². The van der Waals surface area contributed by atoms with Crippen LogP contribution in [0.5, 0.6) is 0 Å². The second kappa shape index (κ2) is 6.41. The molecule has 1 heterocycles. The largest absolute Gasteiger partial charge is 0.366 e. The number of hydrogen-bond acceptors (Lipinski definition) is 3. The number of carbonyl (C=O) groups is 2. The predicted octanol–water partition coefficient (Wildman–Crippen LogP) is 2.20. The van der Waals surface area contributed by atoms with Gasteiger partial charge in [-0.2, -0.15) is 0 Å². The van der Waals surface area contributed by atoms with Crippen LogP contribution in [0.3, 0.4) is 0 Å². The highest BCUT2D eigenvalue weighted by Crippen LogP contribution is 2.31. The minimum Gasteiger partial charge on any atom is -0.366 e. The highest BCUT2D eigenvalue weighted by atomic mass is 19.1. The number of nitrogens with zero attached hydrogens (tertiary/aromatic N) is 1. The van der Waals surface area contributed by atoms with Crippen molar-refractivity contribution < 1.29 is 18.7 Å². The van der Waals surface area contributed by atoms with Gasteiger partial charge in [0, 0.05) is 7.05 Å². The van der Waals surface area contributed by atoms with Crippen LogP contribution < -0.4 is 10.6 Å². The van der Waals surface area contributed by atoms with E-state index in [1.165, 1.54) is 25.2 Å². The maximum atomic E-state index is 14.2. The zero-order valence-corrected chi connectivity index (χ0v) is 13.2. The number of benzene rings is 2. The van der Waals surface area contributed by atoms with Crippen molar-refractivity contribution in [2.45, 2.75) is 12.5 Å². The number of nitrogens with two attached hydrogens (primary N) is 1. The number of ether oxygens (including phenoxy) is 1. The molecule has 0 bridgehead atoms. The molecule has 2 amide bonds. The Morgan fingerprint density at radius 3 is 2.71 bits per heavy atom. The van der Waals surface area contributed by atoms with E-state index in [0.29, 0.717) is 6.61 Å². The van der Waals surface area contributed by atoms with Crippen LogP contribution in [0.1, 0.15) is 27.6 Å². The number of para-hydroxylation sites is 1. The number of fused-ring (bicyclic) bond motifs is 1. The fourth-order valence-electron chi connectivity index (χ4n) is 2.94. The Labute approximate surface area is 138 Å². The summed E-state index contributed by atoms with van der Waals surface area (Å²) in [4.78, 5) is 25.5. The molecule has 1 aliphatic rings. The molecule has 2 N–H and O–H groups in total. The first kappa shape index (κ1) is 16.1. The van der Waals surface area contributed by atoms with E-state index in [4.69, 9.17) is 10.5 Å². The minimum absolute atomic E-state index is 0.0463. The maximum Gasteiger partial charge on any atom is 0.260 e. The zero-order valence-electron chi connectivity index (χ0n) is 13.2. The Bertz CT molecular complexity index is 807. The minimum atomic E-state index is -0.833. The quantitative estimate of drug-likeness (QED) is 0.939. The second-order valence-corrected chi connectivity index (χ2v) is 5.60. The van der Waals surface area contributed by atoms with Crippen LogP contribution in [0.25, 0.3) is 0 Å². The van der Waals surface area contributed by atoms with Crippen LogP contribution in [-0.4, -0.2) is 25.5 Å². The maximum absolute atomic E-state index is 14.2. The molecule has 0 aromatic heterocycles. The van der Waals surface area contributed by atoms with Gasteiger partial charge < -0.3 is 15.4 Å². The van der Waals surface area contributed by atoms with E-state index in [0.717, 1.165) is 22.4 Å². The van der Waals surface area contributed by atoms with Gasteiger partial charge in [0.05, 0.1) is 17.9 Å². The van der Waals surface area contributed by atoms with Crippen molar-refractivity contribution in [1.29, 1.82) is 0 Å². The molecule has 6 heteroatoms. The number of carbonyl (C=O) groups excluding carboxylic acids is 2. The lowest BCUT2D eigenvalue weighted by Crippen LogP contribution is -2.37. The van der Waals surface area contributed by atoms with Gasteiger partial charge in [-0.05, 0) is 29.7 Å². The first-order valence-corrected chi connectivity index (χ1v) is 7.56. The molecule has 0 spiro atoms. The van der Waals surface area contributed by atoms with Gasteiger partial charge in [-0.3, -0.25) is 9.59 Å². The molecular weight excluding hydrogens is 311 g/mol. The molecule has 1 atom stereocenters. The van der Waals surface area contributed by atoms with Crippen molar-refractivity contribution >= 4 is 17.5 Å². The summed E-state index contributed by atoms with van der Waals surface area (Å²) < 4.78 is 19.9. The summed E-state index contributed by atoms with van der Waals surface area (Å²) in [5.74, 6) is -1.94. The van der Waals surface area contributed by atoms with E-state index in [9.17, 15) is 14.0 Å². The number of anilines is 1. The molecule has 1 aliphatic heterocycles. The molecule has 0 saturated carbocycles. The van der Waals surface area contributed by atoms with Crippen molar-refractivity contribution in [2.75, 3.05) is 18.6 Å². The molecular formula is C18H17FN2O3. The van der Waals surface area contributed by atoms with Crippen LogP contribution in [0, 0.1) is 5.82 Å². The SMILES string of the molecule is CN(C(=O)C1OCCc2ccccc21)c1c(F)cccc1C(N)=O. The number of halogens is 1. The number of amides is 2. The molecule has 2 aromatic rings. The van der Waals surface area contributed by atoms with E-state index in [1.807, 2.05) is 24.3 Å². The molecule has 0 fully saturated rings. The standard InChI is InChI=1S/C18H17FN2O3/c1-21(15-13(17(20)22)7-4-8-14(15)19)18(23)16-12-6-3-2-5-11(12)9-10-24-16/h2-8,16H,9-10H2,1H3,(H2,20,22). The Morgan fingerprint density at radius 2 is 1.96 bits per heavy atom. The third kappa shape index (κ3) is 2.76. The van der Waals surface area contributed by atoms with Gasteiger partial charge in [0.2, 0.25) is 0 Å². The van der Waals surface area contributed by atoms with E-state index < -0.39 is 23.7 Å². The van der Waals surface area contributed by atoms with Crippen molar-refractivity contribution in [1.82, 2.24) is 0 Å². The van der Waals surface area contributed by atoms with Crippen LogP contribution in [0.4, 0.5) is 10.1 Å². The Balaban J connectivity index is 1.99. The molecule has 0 aliphatic carbocycles. The predicted molar refractivity (Wildman–Crippen MR) is 87.2 cm³/mol.